The van der Waals surface area contributed by atoms with Crippen molar-refractivity contribution in [1.29, 1.82) is 0 Å². The number of rotatable bonds is 6. The highest BCUT2D eigenvalue weighted by atomic mass is 32.1. The van der Waals surface area contributed by atoms with Gasteiger partial charge in [0.15, 0.2) is 0 Å². The second kappa shape index (κ2) is 9.28. The van der Waals surface area contributed by atoms with Gasteiger partial charge in [0.25, 0.3) is 0 Å². The Morgan fingerprint density at radius 2 is 1.61 bits per heavy atom. The van der Waals surface area contributed by atoms with Crippen LogP contribution in [0.25, 0.3) is 21.6 Å². The van der Waals surface area contributed by atoms with E-state index >= 15 is 4.39 Å². The van der Waals surface area contributed by atoms with Crippen molar-refractivity contribution in [2.45, 2.75) is 76.5 Å². The van der Waals surface area contributed by atoms with Crippen LogP contribution in [0.2, 0.25) is 0 Å². The highest BCUT2D eigenvalue weighted by Crippen LogP contribution is 2.44. The molecule has 2 heteroatoms. The van der Waals surface area contributed by atoms with E-state index in [4.69, 9.17) is 0 Å². The molecule has 0 aliphatic heterocycles. The molecule has 2 fully saturated rings. The number of benzene rings is 2. The van der Waals surface area contributed by atoms with Gasteiger partial charge in [-0.1, -0.05) is 62.9 Å². The number of halogens is 1. The van der Waals surface area contributed by atoms with Crippen molar-refractivity contribution in [3.63, 3.8) is 0 Å². The van der Waals surface area contributed by atoms with Crippen LogP contribution >= 0.6 is 11.3 Å². The molecule has 31 heavy (non-hydrogen) atoms. The summed E-state index contributed by atoms with van der Waals surface area (Å²) < 4.78 is 15.1. The molecule has 0 nitrogen and oxygen atoms in total. The van der Waals surface area contributed by atoms with Crippen LogP contribution in [-0.2, 0) is 0 Å². The van der Waals surface area contributed by atoms with Crippen molar-refractivity contribution in [1.82, 2.24) is 0 Å². The fraction of sp³-hybridized carbons (Fsp3) is 0.448. The van der Waals surface area contributed by atoms with Gasteiger partial charge < -0.3 is 0 Å². The Morgan fingerprint density at radius 3 is 2.35 bits per heavy atom. The summed E-state index contributed by atoms with van der Waals surface area (Å²) in [5.41, 5.74) is 4.25. The second-order valence-corrected chi connectivity index (χ2v) is 10.8. The number of hydrogen-bond acceptors (Lipinski definition) is 1. The molecule has 5 rings (SSSR count). The van der Waals surface area contributed by atoms with Crippen LogP contribution in [0.1, 0.15) is 87.0 Å². The molecular formula is C29H33FS. The zero-order chi connectivity index (χ0) is 21.2. The summed E-state index contributed by atoms with van der Waals surface area (Å²) in [7, 11) is 0. The van der Waals surface area contributed by atoms with E-state index in [0.717, 1.165) is 33.4 Å². The number of thiophene rings is 1. The Balaban J connectivity index is 1.31. The standard InChI is InChI=1S/C29H33FS/c1-2-5-20-8-9-25(18-20)28-16-17-29(31-28)26-15-14-24(19-27(26)30)23-12-10-22(11-13-23)21-6-3-4-7-21/h10-17,19-21,25H,2-9,18H2,1H3. The van der Waals surface area contributed by atoms with Gasteiger partial charge in [-0.05, 0) is 90.8 Å². The molecule has 2 unspecified atom stereocenters. The van der Waals surface area contributed by atoms with Gasteiger partial charge >= 0.3 is 0 Å². The Morgan fingerprint density at radius 1 is 0.839 bits per heavy atom. The molecule has 0 bridgehead atoms. The maximum Gasteiger partial charge on any atom is 0.132 e. The second-order valence-electron chi connectivity index (χ2n) is 9.66. The molecule has 2 aromatic carbocycles. The summed E-state index contributed by atoms with van der Waals surface area (Å²) in [5, 5.41) is 0. The molecule has 2 atom stereocenters. The molecule has 1 aromatic heterocycles. The van der Waals surface area contributed by atoms with E-state index in [1.54, 1.807) is 17.4 Å². The predicted molar refractivity (Wildman–Crippen MR) is 131 cm³/mol. The lowest BCUT2D eigenvalue weighted by Crippen LogP contribution is -1.93. The normalized spacial score (nSPS) is 21.7. The third-order valence-electron chi connectivity index (χ3n) is 7.57. The monoisotopic (exact) mass is 432 g/mol. The summed E-state index contributed by atoms with van der Waals surface area (Å²) in [6, 6.07) is 19.0. The van der Waals surface area contributed by atoms with E-state index in [-0.39, 0.29) is 5.82 Å². The van der Waals surface area contributed by atoms with Crippen LogP contribution in [0.4, 0.5) is 4.39 Å². The third kappa shape index (κ3) is 4.51. The van der Waals surface area contributed by atoms with E-state index in [1.165, 1.54) is 68.2 Å². The van der Waals surface area contributed by atoms with Crippen molar-refractivity contribution >= 4 is 11.3 Å². The summed E-state index contributed by atoms with van der Waals surface area (Å²) in [5.74, 6) is 2.17. The zero-order valence-corrected chi connectivity index (χ0v) is 19.4. The highest BCUT2D eigenvalue weighted by Gasteiger charge is 2.26. The minimum atomic E-state index is -0.110. The summed E-state index contributed by atoms with van der Waals surface area (Å²) in [6.45, 7) is 2.28. The topological polar surface area (TPSA) is 0 Å². The maximum atomic E-state index is 15.1. The van der Waals surface area contributed by atoms with Gasteiger partial charge in [0.05, 0.1) is 0 Å². The smallest absolute Gasteiger partial charge is 0.132 e. The minimum Gasteiger partial charge on any atom is -0.206 e. The SMILES string of the molecule is CCCC1CCC(c2ccc(-c3ccc(-c4ccc(C5CCCC5)cc4)cc3F)s2)C1. The van der Waals surface area contributed by atoms with Gasteiger partial charge in [-0.15, -0.1) is 11.3 Å². The molecule has 0 radical (unpaired) electrons. The molecule has 2 saturated carbocycles. The van der Waals surface area contributed by atoms with E-state index in [9.17, 15) is 0 Å². The largest absolute Gasteiger partial charge is 0.206 e. The molecule has 1 heterocycles. The zero-order valence-electron chi connectivity index (χ0n) is 18.6. The first-order valence-corrected chi connectivity index (χ1v) is 13.0. The molecule has 0 saturated heterocycles. The summed E-state index contributed by atoms with van der Waals surface area (Å²) in [4.78, 5) is 2.51. The average molecular weight is 433 g/mol. The quantitative estimate of drug-likeness (QED) is 0.364. The molecule has 0 amide bonds. The molecule has 3 aromatic rings. The lowest BCUT2D eigenvalue weighted by molar-refractivity contribution is 0.490. The van der Waals surface area contributed by atoms with E-state index in [0.29, 0.717) is 5.92 Å². The first kappa shape index (κ1) is 20.9. The lowest BCUT2D eigenvalue weighted by atomic mass is 9.95. The van der Waals surface area contributed by atoms with Crippen molar-refractivity contribution in [2.24, 2.45) is 5.92 Å². The van der Waals surface area contributed by atoms with Gasteiger partial charge in [-0.25, -0.2) is 4.39 Å². The van der Waals surface area contributed by atoms with E-state index in [2.05, 4.69) is 49.4 Å². The van der Waals surface area contributed by atoms with E-state index < -0.39 is 0 Å². The minimum absolute atomic E-state index is 0.110. The molecule has 0 N–H and O–H groups in total. The molecule has 162 valence electrons. The molecule has 0 spiro atoms. The van der Waals surface area contributed by atoms with Crippen molar-refractivity contribution < 1.29 is 4.39 Å². The summed E-state index contributed by atoms with van der Waals surface area (Å²) >= 11 is 1.80. The lowest BCUT2D eigenvalue weighted by Gasteiger charge is -2.11. The van der Waals surface area contributed by atoms with Crippen LogP contribution < -0.4 is 0 Å². The third-order valence-corrected chi connectivity index (χ3v) is 8.85. The van der Waals surface area contributed by atoms with Gasteiger partial charge in [0, 0.05) is 15.3 Å². The number of hydrogen-bond donors (Lipinski definition) is 0. The van der Waals surface area contributed by atoms with Gasteiger partial charge in [-0.3, -0.25) is 0 Å². The maximum absolute atomic E-state index is 15.1. The molecular weight excluding hydrogens is 399 g/mol. The Kier molecular flexibility index (Phi) is 6.27. The van der Waals surface area contributed by atoms with Crippen LogP contribution in [0, 0.1) is 11.7 Å². The predicted octanol–water partition coefficient (Wildman–Crippen LogP) is 9.56. The highest BCUT2D eigenvalue weighted by molar-refractivity contribution is 7.15. The van der Waals surface area contributed by atoms with Crippen molar-refractivity contribution in [2.75, 3.05) is 0 Å². The van der Waals surface area contributed by atoms with Crippen molar-refractivity contribution in [3.05, 3.63) is 70.9 Å². The first-order chi connectivity index (χ1) is 15.2. The van der Waals surface area contributed by atoms with Crippen LogP contribution in [0.3, 0.4) is 0 Å². The van der Waals surface area contributed by atoms with Crippen LogP contribution in [-0.4, -0.2) is 0 Å². The van der Waals surface area contributed by atoms with Crippen molar-refractivity contribution in [3.8, 4) is 21.6 Å². The van der Waals surface area contributed by atoms with Gasteiger partial charge in [0.2, 0.25) is 0 Å². The summed E-state index contributed by atoms with van der Waals surface area (Å²) in [6.07, 6.45) is 11.9. The van der Waals surface area contributed by atoms with Crippen LogP contribution in [0.15, 0.2) is 54.6 Å². The first-order valence-electron chi connectivity index (χ1n) is 12.2. The van der Waals surface area contributed by atoms with Crippen LogP contribution in [0.5, 0.6) is 0 Å². The molecule has 2 aliphatic carbocycles. The fourth-order valence-corrected chi connectivity index (χ4v) is 7.00. The average Bonchev–Trinajstić information content (AvgIpc) is 3.55. The Labute approximate surface area is 190 Å². The molecule has 2 aliphatic rings. The fourth-order valence-electron chi connectivity index (χ4n) is 5.82. The Bertz CT molecular complexity index is 1010. The van der Waals surface area contributed by atoms with Gasteiger partial charge in [-0.2, -0.15) is 0 Å². The van der Waals surface area contributed by atoms with Gasteiger partial charge in [0.1, 0.15) is 5.82 Å². The van der Waals surface area contributed by atoms with E-state index in [1.807, 2.05) is 6.07 Å². The Hall–Kier alpha value is -1.93.